The van der Waals surface area contributed by atoms with Crippen molar-refractivity contribution < 1.29 is 4.79 Å². The largest absolute Gasteiger partial charge is 0.362 e. The van der Waals surface area contributed by atoms with Crippen LogP contribution in [0, 0.1) is 6.92 Å². The van der Waals surface area contributed by atoms with Gasteiger partial charge in [0, 0.05) is 26.8 Å². The van der Waals surface area contributed by atoms with Gasteiger partial charge >= 0.3 is 0 Å². The van der Waals surface area contributed by atoms with E-state index in [9.17, 15) is 4.79 Å². The fourth-order valence-corrected chi connectivity index (χ4v) is 3.30. The van der Waals surface area contributed by atoms with Gasteiger partial charge in [0.2, 0.25) is 0 Å². The molecule has 0 fully saturated rings. The van der Waals surface area contributed by atoms with Crippen LogP contribution in [0.3, 0.4) is 0 Å². The number of anilines is 4. The number of fused-ring (bicyclic) bond motifs is 2. The van der Waals surface area contributed by atoms with Gasteiger partial charge in [-0.05, 0) is 47.5 Å². The predicted octanol–water partition coefficient (Wildman–Crippen LogP) is 3.34. The lowest BCUT2D eigenvalue weighted by Gasteiger charge is -2.25. The lowest BCUT2D eigenvalue weighted by molar-refractivity contribution is 0.102. The molecule has 0 radical (unpaired) electrons. The van der Waals surface area contributed by atoms with Crippen molar-refractivity contribution in [1.82, 2.24) is 9.97 Å². The summed E-state index contributed by atoms with van der Waals surface area (Å²) in [6, 6.07) is 3.55. The quantitative estimate of drug-likeness (QED) is 0.871. The minimum atomic E-state index is -0.167. The Morgan fingerprint density at radius 2 is 2.09 bits per heavy atom. The Kier molecular flexibility index (Phi) is 3.97. The van der Waals surface area contributed by atoms with E-state index in [0.717, 1.165) is 15.9 Å². The third kappa shape index (κ3) is 2.45. The van der Waals surface area contributed by atoms with Gasteiger partial charge in [-0.25, -0.2) is 9.97 Å². The van der Waals surface area contributed by atoms with Crippen molar-refractivity contribution in [2.75, 3.05) is 35.8 Å². The number of rotatable bonds is 2. The molecule has 1 aliphatic heterocycles. The standard InChI is InChI=1S/C16H18BrN5O/c1-5-22-13-10(7-6-8-18-13)16(23)19-12-9(2)11(17)14(21(3)4)20-15(12)22/h6-8H,5H2,1-4H3,(H,19,23). The maximum absolute atomic E-state index is 12.6. The third-order valence-corrected chi connectivity index (χ3v) is 4.81. The number of hydrogen-bond acceptors (Lipinski definition) is 5. The summed E-state index contributed by atoms with van der Waals surface area (Å²) in [5, 5.41) is 2.99. The Bertz CT molecular complexity index is 790. The molecule has 0 aliphatic carbocycles. The molecule has 2 aromatic rings. The van der Waals surface area contributed by atoms with E-state index in [1.54, 1.807) is 18.3 Å². The van der Waals surface area contributed by atoms with Crippen molar-refractivity contribution in [3.8, 4) is 0 Å². The zero-order valence-electron chi connectivity index (χ0n) is 13.5. The molecule has 0 saturated heterocycles. The molecular weight excluding hydrogens is 358 g/mol. The van der Waals surface area contributed by atoms with Crippen LogP contribution in [0.1, 0.15) is 22.8 Å². The molecule has 1 N–H and O–H groups in total. The molecule has 1 aliphatic rings. The molecule has 0 unspecified atom stereocenters. The highest BCUT2D eigenvalue weighted by Gasteiger charge is 2.29. The summed E-state index contributed by atoms with van der Waals surface area (Å²) in [7, 11) is 3.88. The molecular formula is C16H18BrN5O. The highest BCUT2D eigenvalue weighted by Crippen LogP contribution is 2.42. The zero-order valence-corrected chi connectivity index (χ0v) is 15.1. The lowest BCUT2D eigenvalue weighted by atomic mass is 10.2. The Hall–Kier alpha value is -2.15. The number of hydrogen-bond donors (Lipinski definition) is 1. The number of carbonyl (C=O) groups excluding carboxylic acids is 1. The average Bonchev–Trinajstić information content (AvgIpc) is 2.65. The molecule has 0 aromatic carbocycles. The first-order chi connectivity index (χ1) is 11.0. The number of amides is 1. The summed E-state index contributed by atoms with van der Waals surface area (Å²) >= 11 is 3.59. The molecule has 3 rings (SSSR count). The van der Waals surface area contributed by atoms with E-state index in [1.165, 1.54) is 0 Å². The van der Waals surface area contributed by atoms with E-state index in [0.29, 0.717) is 29.4 Å². The van der Waals surface area contributed by atoms with Gasteiger partial charge in [0.1, 0.15) is 11.6 Å². The van der Waals surface area contributed by atoms with Gasteiger partial charge in [-0.1, -0.05) is 0 Å². The van der Waals surface area contributed by atoms with E-state index >= 15 is 0 Å². The van der Waals surface area contributed by atoms with Crippen LogP contribution >= 0.6 is 15.9 Å². The molecule has 6 nitrogen and oxygen atoms in total. The maximum Gasteiger partial charge on any atom is 0.259 e. The van der Waals surface area contributed by atoms with E-state index in [1.807, 2.05) is 37.7 Å². The van der Waals surface area contributed by atoms with Gasteiger partial charge < -0.3 is 15.1 Å². The van der Waals surface area contributed by atoms with Crippen LogP contribution < -0.4 is 15.1 Å². The van der Waals surface area contributed by atoms with Gasteiger partial charge in [-0.15, -0.1) is 0 Å². The smallest absolute Gasteiger partial charge is 0.259 e. The Morgan fingerprint density at radius 1 is 1.35 bits per heavy atom. The van der Waals surface area contributed by atoms with Crippen molar-refractivity contribution in [3.05, 3.63) is 33.9 Å². The Balaban J connectivity index is 2.33. The summed E-state index contributed by atoms with van der Waals surface area (Å²) in [5.41, 5.74) is 2.21. The molecule has 0 saturated carbocycles. The van der Waals surface area contributed by atoms with Crippen LogP contribution in [-0.4, -0.2) is 36.5 Å². The van der Waals surface area contributed by atoms with Gasteiger partial charge in [-0.2, -0.15) is 0 Å². The molecule has 7 heteroatoms. The number of carbonyl (C=O) groups is 1. The first-order valence-corrected chi connectivity index (χ1v) is 8.16. The number of aromatic nitrogens is 2. The summed E-state index contributed by atoms with van der Waals surface area (Å²) in [4.78, 5) is 25.7. The van der Waals surface area contributed by atoms with Gasteiger partial charge in [0.05, 0.1) is 15.7 Å². The van der Waals surface area contributed by atoms with Crippen LogP contribution in [-0.2, 0) is 0 Å². The van der Waals surface area contributed by atoms with Crippen molar-refractivity contribution in [3.63, 3.8) is 0 Å². The molecule has 0 bridgehead atoms. The summed E-state index contributed by atoms with van der Waals surface area (Å²) in [6.45, 7) is 4.65. The van der Waals surface area contributed by atoms with E-state index in [4.69, 9.17) is 4.98 Å². The van der Waals surface area contributed by atoms with Gasteiger partial charge in [-0.3, -0.25) is 4.79 Å². The fourth-order valence-electron chi connectivity index (χ4n) is 2.66. The van der Waals surface area contributed by atoms with Crippen LogP contribution in [0.5, 0.6) is 0 Å². The molecule has 3 heterocycles. The fraction of sp³-hybridized carbons (Fsp3) is 0.312. The number of nitrogens with zero attached hydrogens (tertiary/aromatic N) is 4. The van der Waals surface area contributed by atoms with Crippen molar-refractivity contribution >= 4 is 45.0 Å². The minimum absolute atomic E-state index is 0.167. The van der Waals surface area contributed by atoms with Crippen LogP contribution in [0.4, 0.5) is 23.1 Å². The molecule has 2 aromatic heterocycles. The maximum atomic E-state index is 12.6. The molecule has 1 amide bonds. The highest BCUT2D eigenvalue weighted by molar-refractivity contribution is 9.10. The average molecular weight is 376 g/mol. The SMILES string of the molecule is CCN1c2ncccc2C(=O)Nc2c1nc(N(C)C)c(Br)c2C. The normalized spacial score (nSPS) is 13.1. The summed E-state index contributed by atoms with van der Waals surface area (Å²) < 4.78 is 0.872. The lowest BCUT2D eigenvalue weighted by Crippen LogP contribution is -2.21. The Labute approximate surface area is 143 Å². The second-order valence-corrected chi connectivity index (χ2v) is 6.33. The predicted molar refractivity (Wildman–Crippen MR) is 95.9 cm³/mol. The van der Waals surface area contributed by atoms with Crippen LogP contribution in [0.25, 0.3) is 0 Å². The van der Waals surface area contributed by atoms with Crippen molar-refractivity contribution in [2.24, 2.45) is 0 Å². The summed E-state index contributed by atoms with van der Waals surface area (Å²) in [5.74, 6) is 1.99. The minimum Gasteiger partial charge on any atom is -0.362 e. The molecule has 0 atom stereocenters. The van der Waals surface area contributed by atoms with Gasteiger partial charge in [0.15, 0.2) is 5.82 Å². The third-order valence-electron chi connectivity index (χ3n) is 3.86. The second-order valence-electron chi connectivity index (χ2n) is 5.54. The number of halogens is 1. The number of nitrogens with one attached hydrogen (secondary N) is 1. The topological polar surface area (TPSA) is 61.4 Å². The first-order valence-electron chi connectivity index (χ1n) is 7.37. The monoisotopic (exact) mass is 375 g/mol. The molecule has 0 spiro atoms. The molecule has 23 heavy (non-hydrogen) atoms. The van der Waals surface area contributed by atoms with Crippen molar-refractivity contribution in [1.29, 1.82) is 0 Å². The summed E-state index contributed by atoms with van der Waals surface area (Å²) in [6.07, 6.45) is 1.69. The van der Waals surface area contributed by atoms with E-state index in [2.05, 4.69) is 26.2 Å². The Morgan fingerprint density at radius 3 is 2.74 bits per heavy atom. The second kappa shape index (κ2) is 5.81. The van der Waals surface area contributed by atoms with Crippen molar-refractivity contribution in [2.45, 2.75) is 13.8 Å². The van der Waals surface area contributed by atoms with Gasteiger partial charge in [0.25, 0.3) is 5.91 Å². The van der Waals surface area contributed by atoms with E-state index in [-0.39, 0.29) is 5.91 Å². The highest BCUT2D eigenvalue weighted by atomic mass is 79.9. The first kappa shape index (κ1) is 15.7. The zero-order chi connectivity index (χ0) is 16.7. The molecule has 120 valence electrons. The van der Waals surface area contributed by atoms with E-state index < -0.39 is 0 Å². The number of pyridine rings is 2. The van der Waals surface area contributed by atoms with Crippen LogP contribution in [0.2, 0.25) is 0 Å². The van der Waals surface area contributed by atoms with Crippen LogP contribution in [0.15, 0.2) is 22.8 Å².